The van der Waals surface area contributed by atoms with Crippen molar-refractivity contribution in [2.75, 3.05) is 13.1 Å². The van der Waals surface area contributed by atoms with E-state index < -0.39 is 6.10 Å². The Hall–Kier alpha value is -1.35. The molecular formula is C14H19NO2. The lowest BCUT2D eigenvalue weighted by molar-refractivity contribution is -0.128. The third-order valence-corrected chi connectivity index (χ3v) is 3.19. The smallest absolute Gasteiger partial charge is 0.222 e. The average Bonchev–Trinajstić information content (AvgIpc) is 2.63. The van der Waals surface area contributed by atoms with Crippen LogP contribution in [0.4, 0.5) is 0 Å². The van der Waals surface area contributed by atoms with Gasteiger partial charge in [-0.25, -0.2) is 0 Å². The van der Waals surface area contributed by atoms with Gasteiger partial charge in [-0.05, 0) is 25.8 Å². The molecule has 0 aromatic heterocycles. The molecule has 1 aliphatic heterocycles. The van der Waals surface area contributed by atoms with E-state index in [-0.39, 0.29) is 5.91 Å². The standard InChI is InChI=1S/C14H19NO2/c1-10-6-11(2)8-12(7-10)13(16)9-15-5-3-4-14(15)17/h6-8,13,16H,3-5,9H2,1-2H3. The molecule has 17 heavy (non-hydrogen) atoms. The Morgan fingerprint density at radius 1 is 1.29 bits per heavy atom. The van der Waals surface area contributed by atoms with Crippen molar-refractivity contribution in [3.8, 4) is 0 Å². The Kier molecular flexibility index (Phi) is 3.48. The van der Waals surface area contributed by atoms with Gasteiger partial charge in [-0.3, -0.25) is 4.79 Å². The zero-order valence-corrected chi connectivity index (χ0v) is 10.4. The minimum atomic E-state index is -0.573. The second-order valence-electron chi connectivity index (χ2n) is 4.88. The number of carbonyl (C=O) groups excluding carboxylic acids is 1. The molecule has 1 heterocycles. The van der Waals surface area contributed by atoms with Gasteiger partial charge < -0.3 is 10.0 Å². The molecule has 0 saturated carbocycles. The second kappa shape index (κ2) is 4.88. The number of aryl methyl sites for hydroxylation is 2. The van der Waals surface area contributed by atoms with Crippen molar-refractivity contribution < 1.29 is 9.90 Å². The molecule has 0 aliphatic carbocycles. The van der Waals surface area contributed by atoms with Gasteiger partial charge in [-0.15, -0.1) is 0 Å². The summed E-state index contributed by atoms with van der Waals surface area (Å²) in [5.41, 5.74) is 3.20. The van der Waals surface area contributed by atoms with Gasteiger partial charge in [-0.1, -0.05) is 29.3 Å². The summed E-state index contributed by atoms with van der Waals surface area (Å²) in [7, 11) is 0. The average molecular weight is 233 g/mol. The van der Waals surface area contributed by atoms with E-state index in [9.17, 15) is 9.90 Å². The van der Waals surface area contributed by atoms with E-state index in [4.69, 9.17) is 0 Å². The van der Waals surface area contributed by atoms with Gasteiger partial charge >= 0.3 is 0 Å². The Labute approximate surface area is 102 Å². The SMILES string of the molecule is Cc1cc(C)cc(C(O)CN2CCCC2=O)c1. The summed E-state index contributed by atoms with van der Waals surface area (Å²) in [6.07, 6.45) is 0.966. The Morgan fingerprint density at radius 2 is 1.94 bits per heavy atom. The maximum Gasteiger partial charge on any atom is 0.222 e. The molecule has 1 aliphatic rings. The normalized spacial score (nSPS) is 17.6. The molecule has 1 aromatic carbocycles. The summed E-state index contributed by atoms with van der Waals surface area (Å²) < 4.78 is 0. The second-order valence-corrected chi connectivity index (χ2v) is 4.88. The maximum absolute atomic E-state index is 11.5. The van der Waals surface area contributed by atoms with Crippen LogP contribution >= 0.6 is 0 Å². The Balaban J connectivity index is 2.08. The van der Waals surface area contributed by atoms with Crippen LogP contribution in [0.15, 0.2) is 18.2 Å². The largest absolute Gasteiger partial charge is 0.387 e. The molecule has 1 unspecified atom stereocenters. The lowest BCUT2D eigenvalue weighted by Crippen LogP contribution is -2.29. The highest BCUT2D eigenvalue weighted by Gasteiger charge is 2.23. The Morgan fingerprint density at radius 3 is 2.47 bits per heavy atom. The number of amides is 1. The van der Waals surface area contributed by atoms with Gasteiger partial charge in [0.15, 0.2) is 0 Å². The zero-order valence-electron chi connectivity index (χ0n) is 10.4. The summed E-state index contributed by atoms with van der Waals surface area (Å²) in [5.74, 6) is 0.161. The van der Waals surface area contributed by atoms with E-state index in [1.165, 1.54) is 0 Å². The molecule has 3 heteroatoms. The van der Waals surface area contributed by atoms with Crippen LogP contribution in [-0.4, -0.2) is 29.0 Å². The van der Waals surface area contributed by atoms with Crippen molar-refractivity contribution in [1.29, 1.82) is 0 Å². The quantitative estimate of drug-likeness (QED) is 0.867. The van der Waals surface area contributed by atoms with E-state index in [1.54, 1.807) is 4.90 Å². The summed E-state index contributed by atoms with van der Waals surface area (Å²) >= 11 is 0. The number of nitrogens with zero attached hydrogens (tertiary/aromatic N) is 1. The fraction of sp³-hybridized carbons (Fsp3) is 0.500. The Bertz CT molecular complexity index is 408. The van der Waals surface area contributed by atoms with Crippen LogP contribution < -0.4 is 0 Å². The summed E-state index contributed by atoms with van der Waals surface area (Å²) in [5, 5.41) is 10.2. The first-order valence-corrected chi connectivity index (χ1v) is 6.10. The molecule has 1 atom stereocenters. The minimum absolute atomic E-state index is 0.161. The van der Waals surface area contributed by atoms with Crippen LogP contribution in [0.25, 0.3) is 0 Å². The molecule has 1 saturated heterocycles. The van der Waals surface area contributed by atoms with Crippen molar-refractivity contribution in [2.24, 2.45) is 0 Å². The molecule has 0 radical (unpaired) electrons. The van der Waals surface area contributed by atoms with Gasteiger partial charge in [0.05, 0.1) is 12.6 Å². The minimum Gasteiger partial charge on any atom is -0.387 e. The molecule has 1 amide bonds. The fourth-order valence-corrected chi connectivity index (χ4v) is 2.41. The number of β-amino-alcohol motifs (C(OH)–C–C–N with tert-alkyl or cyclic N) is 1. The number of rotatable bonds is 3. The number of aliphatic hydroxyl groups excluding tert-OH is 1. The predicted octanol–water partition coefficient (Wildman–Crippen LogP) is 1.96. The van der Waals surface area contributed by atoms with Crippen molar-refractivity contribution in [3.63, 3.8) is 0 Å². The fourth-order valence-electron chi connectivity index (χ4n) is 2.41. The molecule has 1 N–H and O–H groups in total. The maximum atomic E-state index is 11.5. The monoisotopic (exact) mass is 233 g/mol. The summed E-state index contributed by atoms with van der Waals surface area (Å²) in [6.45, 7) is 5.23. The molecular weight excluding hydrogens is 214 g/mol. The van der Waals surface area contributed by atoms with Crippen molar-refractivity contribution in [3.05, 3.63) is 34.9 Å². The number of benzene rings is 1. The zero-order chi connectivity index (χ0) is 12.4. The van der Waals surface area contributed by atoms with E-state index in [0.717, 1.165) is 29.7 Å². The molecule has 92 valence electrons. The van der Waals surface area contributed by atoms with Crippen molar-refractivity contribution in [1.82, 2.24) is 4.90 Å². The van der Waals surface area contributed by atoms with Crippen LogP contribution in [0.2, 0.25) is 0 Å². The van der Waals surface area contributed by atoms with Gasteiger partial charge in [0, 0.05) is 13.0 Å². The van der Waals surface area contributed by atoms with Crippen molar-refractivity contribution in [2.45, 2.75) is 32.8 Å². The van der Waals surface area contributed by atoms with Gasteiger partial charge in [-0.2, -0.15) is 0 Å². The van der Waals surface area contributed by atoms with E-state index in [0.29, 0.717) is 13.0 Å². The highest BCUT2D eigenvalue weighted by Crippen LogP contribution is 2.20. The summed E-state index contributed by atoms with van der Waals surface area (Å²) in [6, 6.07) is 6.05. The lowest BCUT2D eigenvalue weighted by atomic mass is 10.0. The highest BCUT2D eigenvalue weighted by molar-refractivity contribution is 5.78. The van der Waals surface area contributed by atoms with Gasteiger partial charge in [0.2, 0.25) is 5.91 Å². The lowest BCUT2D eigenvalue weighted by Gasteiger charge is -2.20. The number of aliphatic hydroxyl groups is 1. The summed E-state index contributed by atoms with van der Waals surface area (Å²) in [4.78, 5) is 13.2. The van der Waals surface area contributed by atoms with Gasteiger partial charge in [0.25, 0.3) is 0 Å². The topological polar surface area (TPSA) is 40.5 Å². The third-order valence-electron chi connectivity index (χ3n) is 3.19. The molecule has 3 nitrogen and oxygen atoms in total. The first-order chi connectivity index (χ1) is 8.06. The molecule has 0 spiro atoms. The van der Waals surface area contributed by atoms with Crippen LogP contribution in [0.5, 0.6) is 0 Å². The first-order valence-electron chi connectivity index (χ1n) is 6.10. The van der Waals surface area contributed by atoms with Crippen LogP contribution in [0.3, 0.4) is 0 Å². The molecule has 0 bridgehead atoms. The van der Waals surface area contributed by atoms with E-state index >= 15 is 0 Å². The molecule has 1 aromatic rings. The third kappa shape index (κ3) is 2.86. The van der Waals surface area contributed by atoms with E-state index in [2.05, 4.69) is 6.07 Å². The van der Waals surface area contributed by atoms with Gasteiger partial charge in [0.1, 0.15) is 0 Å². The predicted molar refractivity (Wildman–Crippen MR) is 66.7 cm³/mol. The molecule has 2 rings (SSSR count). The van der Waals surface area contributed by atoms with Crippen LogP contribution in [-0.2, 0) is 4.79 Å². The number of hydrogen-bond acceptors (Lipinski definition) is 2. The highest BCUT2D eigenvalue weighted by atomic mass is 16.3. The van der Waals surface area contributed by atoms with Crippen LogP contribution in [0, 0.1) is 13.8 Å². The van der Waals surface area contributed by atoms with E-state index in [1.807, 2.05) is 26.0 Å². The number of hydrogen-bond donors (Lipinski definition) is 1. The van der Waals surface area contributed by atoms with Crippen LogP contribution in [0.1, 0.15) is 35.6 Å². The number of carbonyl (C=O) groups is 1. The van der Waals surface area contributed by atoms with Crippen molar-refractivity contribution >= 4 is 5.91 Å². The number of likely N-dealkylation sites (tertiary alicyclic amines) is 1. The molecule has 1 fully saturated rings. The first kappa shape index (κ1) is 12.1.